The van der Waals surface area contributed by atoms with E-state index >= 15 is 0 Å². The van der Waals surface area contributed by atoms with Crippen LogP contribution < -0.4 is 10.6 Å². The molecule has 0 aliphatic carbocycles. The molecule has 2 amide bonds. The summed E-state index contributed by atoms with van der Waals surface area (Å²) in [4.78, 5) is 23.9. The Labute approximate surface area is 147 Å². The number of benzene rings is 2. The highest BCUT2D eigenvalue weighted by Crippen LogP contribution is 2.11. The first-order valence-electron chi connectivity index (χ1n) is 8.01. The second-order valence-corrected chi connectivity index (χ2v) is 5.91. The van der Waals surface area contributed by atoms with Crippen LogP contribution in [0.1, 0.15) is 39.6 Å². The van der Waals surface area contributed by atoms with E-state index in [9.17, 15) is 9.59 Å². The van der Waals surface area contributed by atoms with Gasteiger partial charge in [0.05, 0.1) is 0 Å². The smallest absolute Gasteiger partial charge is 0.251 e. The van der Waals surface area contributed by atoms with E-state index in [1.165, 1.54) is 0 Å². The maximum Gasteiger partial charge on any atom is 0.251 e. The zero-order valence-corrected chi connectivity index (χ0v) is 14.4. The average molecular weight is 345 g/mol. The monoisotopic (exact) mass is 344 g/mol. The Bertz CT molecular complexity index is 699. The standard InChI is InChI=1S/C19H21ClN2O2/c1-2-11-21-18(23)15-6-8-16(9-7-15)19(24)22-12-10-14-4-3-5-17(20)13-14/h3-9,13H,2,10-12H2,1H3,(H,21,23)(H,22,24). The van der Waals surface area contributed by atoms with Crippen molar-refractivity contribution in [1.82, 2.24) is 10.6 Å². The van der Waals surface area contributed by atoms with Crippen molar-refractivity contribution in [1.29, 1.82) is 0 Å². The van der Waals surface area contributed by atoms with E-state index in [1.54, 1.807) is 24.3 Å². The van der Waals surface area contributed by atoms with Crippen LogP contribution in [-0.4, -0.2) is 24.9 Å². The summed E-state index contributed by atoms with van der Waals surface area (Å²) in [7, 11) is 0. The Morgan fingerprint density at radius 2 is 1.50 bits per heavy atom. The minimum atomic E-state index is -0.155. The molecule has 4 nitrogen and oxygen atoms in total. The lowest BCUT2D eigenvalue weighted by molar-refractivity contribution is 0.0942. The summed E-state index contributed by atoms with van der Waals surface area (Å²) < 4.78 is 0. The second-order valence-electron chi connectivity index (χ2n) is 5.47. The molecule has 0 aliphatic heterocycles. The molecule has 2 aromatic rings. The van der Waals surface area contributed by atoms with Crippen LogP contribution >= 0.6 is 11.6 Å². The summed E-state index contributed by atoms with van der Waals surface area (Å²) in [5.41, 5.74) is 2.16. The molecule has 0 saturated heterocycles. The van der Waals surface area contributed by atoms with Crippen molar-refractivity contribution in [2.24, 2.45) is 0 Å². The number of amides is 2. The van der Waals surface area contributed by atoms with Gasteiger partial charge in [-0.1, -0.05) is 30.7 Å². The molecule has 2 aromatic carbocycles. The first kappa shape index (κ1) is 18.0. The highest BCUT2D eigenvalue weighted by Gasteiger charge is 2.08. The van der Waals surface area contributed by atoms with Gasteiger partial charge in [0, 0.05) is 29.2 Å². The maximum absolute atomic E-state index is 12.1. The summed E-state index contributed by atoms with van der Waals surface area (Å²) in [5.74, 6) is -0.276. The molecule has 0 aliphatic rings. The fraction of sp³-hybridized carbons (Fsp3) is 0.263. The predicted molar refractivity (Wildman–Crippen MR) is 96.6 cm³/mol. The van der Waals surface area contributed by atoms with Gasteiger partial charge in [-0.15, -0.1) is 0 Å². The molecule has 0 heterocycles. The zero-order valence-electron chi connectivity index (χ0n) is 13.6. The summed E-state index contributed by atoms with van der Waals surface area (Å²) >= 11 is 5.93. The molecule has 0 fully saturated rings. The molecular formula is C19H21ClN2O2. The molecule has 2 rings (SSSR count). The molecule has 0 unspecified atom stereocenters. The van der Waals surface area contributed by atoms with E-state index in [2.05, 4.69) is 10.6 Å². The van der Waals surface area contributed by atoms with E-state index in [4.69, 9.17) is 11.6 Å². The number of halogens is 1. The lowest BCUT2D eigenvalue weighted by Crippen LogP contribution is -2.26. The van der Waals surface area contributed by atoms with Crippen LogP contribution in [0.4, 0.5) is 0 Å². The number of carbonyl (C=O) groups excluding carboxylic acids is 2. The molecule has 0 bridgehead atoms. The van der Waals surface area contributed by atoms with Gasteiger partial charge < -0.3 is 10.6 Å². The molecular weight excluding hydrogens is 324 g/mol. The third-order valence-corrected chi connectivity index (χ3v) is 3.77. The van der Waals surface area contributed by atoms with Gasteiger partial charge >= 0.3 is 0 Å². The Balaban J connectivity index is 1.85. The SMILES string of the molecule is CCCNC(=O)c1ccc(C(=O)NCCc2cccc(Cl)c2)cc1. The van der Waals surface area contributed by atoms with Crippen molar-refractivity contribution in [3.8, 4) is 0 Å². The van der Waals surface area contributed by atoms with Crippen LogP contribution in [0.15, 0.2) is 48.5 Å². The van der Waals surface area contributed by atoms with Gasteiger partial charge in [-0.05, 0) is 54.8 Å². The van der Waals surface area contributed by atoms with Crippen molar-refractivity contribution in [3.05, 3.63) is 70.2 Å². The maximum atomic E-state index is 12.1. The van der Waals surface area contributed by atoms with Crippen LogP contribution in [0.2, 0.25) is 5.02 Å². The number of nitrogens with one attached hydrogen (secondary N) is 2. The van der Waals surface area contributed by atoms with Gasteiger partial charge in [0.15, 0.2) is 0 Å². The van der Waals surface area contributed by atoms with Gasteiger partial charge in [-0.25, -0.2) is 0 Å². The molecule has 5 heteroatoms. The van der Waals surface area contributed by atoms with Crippen LogP contribution in [0.5, 0.6) is 0 Å². The fourth-order valence-corrected chi connectivity index (χ4v) is 2.44. The molecule has 126 valence electrons. The molecule has 2 N–H and O–H groups in total. The third kappa shape index (κ3) is 5.39. The van der Waals surface area contributed by atoms with Gasteiger partial charge in [0.1, 0.15) is 0 Å². The molecule has 24 heavy (non-hydrogen) atoms. The summed E-state index contributed by atoms with van der Waals surface area (Å²) in [5, 5.41) is 6.36. The molecule has 0 radical (unpaired) electrons. The summed E-state index contributed by atoms with van der Waals surface area (Å²) in [6.07, 6.45) is 1.60. The van der Waals surface area contributed by atoms with Gasteiger partial charge in [0.2, 0.25) is 0 Å². The van der Waals surface area contributed by atoms with E-state index in [0.29, 0.717) is 35.7 Å². The topological polar surface area (TPSA) is 58.2 Å². The molecule has 0 saturated carbocycles. The number of hydrogen-bond acceptors (Lipinski definition) is 2. The van der Waals surface area contributed by atoms with Crippen LogP contribution in [-0.2, 0) is 6.42 Å². The quantitative estimate of drug-likeness (QED) is 0.808. The van der Waals surface area contributed by atoms with E-state index in [0.717, 1.165) is 12.0 Å². The normalized spacial score (nSPS) is 10.2. The molecule has 0 aromatic heterocycles. The van der Waals surface area contributed by atoms with E-state index in [-0.39, 0.29) is 11.8 Å². The highest BCUT2D eigenvalue weighted by molar-refractivity contribution is 6.30. The van der Waals surface area contributed by atoms with Gasteiger partial charge in [-0.3, -0.25) is 9.59 Å². The Hall–Kier alpha value is -2.33. The van der Waals surface area contributed by atoms with Crippen molar-refractivity contribution in [2.45, 2.75) is 19.8 Å². The number of hydrogen-bond donors (Lipinski definition) is 2. The fourth-order valence-electron chi connectivity index (χ4n) is 2.23. The Kier molecular flexibility index (Phi) is 6.82. The van der Waals surface area contributed by atoms with E-state index in [1.807, 2.05) is 31.2 Å². The number of rotatable bonds is 7. The van der Waals surface area contributed by atoms with Crippen LogP contribution in [0.25, 0.3) is 0 Å². The molecule has 0 atom stereocenters. The zero-order chi connectivity index (χ0) is 17.4. The Morgan fingerprint density at radius 3 is 2.04 bits per heavy atom. The summed E-state index contributed by atoms with van der Waals surface area (Å²) in [6, 6.07) is 14.2. The lowest BCUT2D eigenvalue weighted by atomic mass is 10.1. The average Bonchev–Trinajstić information content (AvgIpc) is 2.60. The highest BCUT2D eigenvalue weighted by atomic mass is 35.5. The lowest BCUT2D eigenvalue weighted by Gasteiger charge is -2.07. The minimum Gasteiger partial charge on any atom is -0.352 e. The molecule has 0 spiro atoms. The van der Waals surface area contributed by atoms with Crippen LogP contribution in [0, 0.1) is 0 Å². The number of carbonyl (C=O) groups is 2. The first-order valence-corrected chi connectivity index (χ1v) is 8.39. The van der Waals surface area contributed by atoms with Crippen molar-refractivity contribution in [3.63, 3.8) is 0 Å². The second kappa shape index (κ2) is 9.08. The minimum absolute atomic E-state index is 0.121. The van der Waals surface area contributed by atoms with Crippen molar-refractivity contribution < 1.29 is 9.59 Å². The summed E-state index contributed by atoms with van der Waals surface area (Å²) in [6.45, 7) is 3.17. The van der Waals surface area contributed by atoms with Crippen molar-refractivity contribution in [2.75, 3.05) is 13.1 Å². The van der Waals surface area contributed by atoms with E-state index < -0.39 is 0 Å². The van der Waals surface area contributed by atoms with Gasteiger partial charge in [0.25, 0.3) is 11.8 Å². The Morgan fingerprint density at radius 1 is 0.917 bits per heavy atom. The van der Waals surface area contributed by atoms with Crippen LogP contribution in [0.3, 0.4) is 0 Å². The predicted octanol–water partition coefficient (Wildman–Crippen LogP) is 3.45. The first-order chi connectivity index (χ1) is 11.6. The largest absolute Gasteiger partial charge is 0.352 e. The van der Waals surface area contributed by atoms with Crippen molar-refractivity contribution >= 4 is 23.4 Å². The van der Waals surface area contributed by atoms with Gasteiger partial charge in [-0.2, -0.15) is 0 Å². The third-order valence-electron chi connectivity index (χ3n) is 3.53.